The van der Waals surface area contributed by atoms with Gasteiger partial charge in [-0.05, 0) is 55.1 Å². The van der Waals surface area contributed by atoms with Crippen molar-refractivity contribution in [2.24, 2.45) is 7.05 Å². The van der Waals surface area contributed by atoms with E-state index in [2.05, 4.69) is 48.9 Å². The first-order valence-corrected chi connectivity index (χ1v) is 9.09. The highest BCUT2D eigenvalue weighted by Gasteiger charge is 2.22. The van der Waals surface area contributed by atoms with Gasteiger partial charge in [0.05, 0.1) is 12.0 Å². The molecule has 3 aromatic heterocycles. The largest absolute Gasteiger partial charge is 0.337 e. The Hall–Kier alpha value is -2.73. The fraction of sp³-hybridized carbons (Fsp3) is 0.350. The molecular formula is C20H24N6. The molecule has 26 heavy (non-hydrogen) atoms. The third kappa shape index (κ3) is 3.91. The Bertz CT molecular complexity index is 844. The van der Waals surface area contributed by atoms with Crippen LogP contribution in [-0.2, 0) is 13.6 Å². The Balaban J connectivity index is 1.45. The lowest BCUT2D eigenvalue weighted by Crippen LogP contribution is -2.34. The number of piperidine rings is 1. The van der Waals surface area contributed by atoms with Gasteiger partial charge < -0.3 is 9.88 Å². The summed E-state index contributed by atoms with van der Waals surface area (Å²) in [7, 11) is 2.06. The molecule has 0 spiro atoms. The van der Waals surface area contributed by atoms with Crippen LogP contribution in [0.4, 0.5) is 11.6 Å². The summed E-state index contributed by atoms with van der Waals surface area (Å²) < 4.78 is 2.10. The van der Waals surface area contributed by atoms with Crippen LogP contribution in [0.1, 0.15) is 30.0 Å². The summed E-state index contributed by atoms with van der Waals surface area (Å²) >= 11 is 0. The summed E-state index contributed by atoms with van der Waals surface area (Å²) in [6.45, 7) is 3.17. The molecule has 1 aliphatic rings. The van der Waals surface area contributed by atoms with Crippen LogP contribution in [-0.4, -0.2) is 37.5 Å². The molecule has 1 atom stereocenters. The minimum Gasteiger partial charge on any atom is -0.337 e. The third-order valence-electron chi connectivity index (χ3n) is 4.98. The number of anilines is 2. The number of pyridine rings is 2. The van der Waals surface area contributed by atoms with Gasteiger partial charge in [0.25, 0.3) is 0 Å². The van der Waals surface area contributed by atoms with Crippen molar-refractivity contribution < 1.29 is 0 Å². The maximum Gasteiger partial charge on any atom is 0.131 e. The van der Waals surface area contributed by atoms with Gasteiger partial charge in [-0.25, -0.2) is 15.0 Å². The number of imidazole rings is 1. The van der Waals surface area contributed by atoms with Gasteiger partial charge in [-0.2, -0.15) is 0 Å². The van der Waals surface area contributed by atoms with E-state index >= 15 is 0 Å². The molecule has 6 heteroatoms. The summed E-state index contributed by atoms with van der Waals surface area (Å²) in [6, 6.07) is 10.1. The van der Waals surface area contributed by atoms with E-state index in [1.165, 1.54) is 24.1 Å². The molecule has 0 unspecified atom stereocenters. The van der Waals surface area contributed by atoms with Crippen molar-refractivity contribution in [1.29, 1.82) is 0 Å². The predicted molar refractivity (Wildman–Crippen MR) is 102 cm³/mol. The smallest absolute Gasteiger partial charge is 0.131 e. The van der Waals surface area contributed by atoms with E-state index < -0.39 is 0 Å². The molecule has 4 rings (SSSR count). The number of aromatic nitrogens is 4. The van der Waals surface area contributed by atoms with Crippen LogP contribution >= 0.6 is 0 Å². The monoisotopic (exact) mass is 348 g/mol. The van der Waals surface area contributed by atoms with E-state index in [1.54, 1.807) is 6.20 Å². The normalized spacial score (nSPS) is 18.0. The molecule has 1 N–H and O–H groups in total. The van der Waals surface area contributed by atoms with Crippen molar-refractivity contribution in [2.75, 3.05) is 18.4 Å². The van der Waals surface area contributed by atoms with E-state index in [9.17, 15) is 0 Å². The van der Waals surface area contributed by atoms with Crippen molar-refractivity contribution in [1.82, 2.24) is 24.4 Å². The highest BCUT2D eigenvalue weighted by atomic mass is 15.2. The van der Waals surface area contributed by atoms with Crippen molar-refractivity contribution in [3.8, 4) is 0 Å². The van der Waals surface area contributed by atoms with Gasteiger partial charge in [-0.1, -0.05) is 6.07 Å². The van der Waals surface area contributed by atoms with E-state index in [-0.39, 0.29) is 0 Å². The minimum atomic E-state index is 0.532. The highest BCUT2D eigenvalue weighted by molar-refractivity contribution is 5.52. The van der Waals surface area contributed by atoms with Gasteiger partial charge in [0.2, 0.25) is 0 Å². The fourth-order valence-electron chi connectivity index (χ4n) is 3.57. The van der Waals surface area contributed by atoms with Gasteiger partial charge in [-0.3, -0.25) is 4.90 Å². The van der Waals surface area contributed by atoms with Gasteiger partial charge in [0, 0.05) is 38.7 Å². The summed E-state index contributed by atoms with van der Waals surface area (Å²) in [5.41, 5.74) is 2.60. The number of hydrogen-bond acceptors (Lipinski definition) is 5. The quantitative estimate of drug-likeness (QED) is 0.766. The average Bonchev–Trinajstić information content (AvgIpc) is 3.08. The summed E-state index contributed by atoms with van der Waals surface area (Å²) in [4.78, 5) is 15.5. The zero-order valence-corrected chi connectivity index (χ0v) is 15.0. The maximum atomic E-state index is 4.44. The highest BCUT2D eigenvalue weighted by Crippen LogP contribution is 2.29. The molecule has 0 aliphatic carbocycles. The zero-order valence-electron chi connectivity index (χ0n) is 15.0. The lowest BCUT2D eigenvalue weighted by atomic mass is 9.91. The van der Waals surface area contributed by atoms with Gasteiger partial charge >= 0.3 is 0 Å². The molecule has 0 radical (unpaired) electrons. The number of aryl methyl sites for hydroxylation is 1. The molecule has 3 aromatic rings. The van der Waals surface area contributed by atoms with Gasteiger partial charge in [0.1, 0.15) is 11.6 Å². The summed E-state index contributed by atoms with van der Waals surface area (Å²) in [5.74, 6) is 2.20. The molecule has 6 nitrogen and oxygen atoms in total. The number of rotatable bonds is 5. The first-order valence-electron chi connectivity index (χ1n) is 9.09. The second-order valence-corrected chi connectivity index (χ2v) is 6.88. The standard InChI is InChI=1S/C20H24N6/c1-25-15-21-12-18(25)14-26-10-4-5-17(13-26)16-7-9-23-20(11-16)24-19-6-2-3-8-22-19/h2-3,6-9,11-12,15,17H,4-5,10,13-14H2,1H3,(H,22,23,24)/t17-/m1/s1. The van der Waals surface area contributed by atoms with Gasteiger partial charge in [0.15, 0.2) is 0 Å². The first-order chi connectivity index (χ1) is 12.8. The van der Waals surface area contributed by atoms with E-state index in [0.717, 1.165) is 31.3 Å². The van der Waals surface area contributed by atoms with Crippen molar-refractivity contribution in [2.45, 2.75) is 25.3 Å². The summed E-state index contributed by atoms with van der Waals surface area (Å²) in [5, 5.41) is 3.29. The molecular weight excluding hydrogens is 324 g/mol. The third-order valence-corrected chi connectivity index (χ3v) is 4.98. The molecule has 4 heterocycles. The number of nitrogens with zero attached hydrogens (tertiary/aromatic N) is 5. The molecule has 0 saturated carbocycles. The number of nitrogens with one attached hydrogen (secondary N) is 1. The second kappa shape index (κ2) is 7.66. The van der Waals surface area contributed by atoms with Crippen LogP contribution in [0.2, 0.25) is 0 Å². The molecule has 134 valence electrons. The first kappa shape index (κ1) is 16.7. The lowest BCUT2D eigenvalue weighted by Gasteiger charge is -2.33. The molecule has 0 bridgehead atoms. The number of likely N-dealkylation sites (tertiary alicyclic amines) is 1. The number of hydrogen-bond donors (Lipinski definition) is 1. The molecule has 1 aliphatic heterocycles. The Morgan fingerprint density at radius 3 is 2.88 bits per heavy atom. The Labute approximate surface area is 153 Å². The van der Waals surface area contributed by atoms with Crippen LogP contribution in [0.15, 0.2) is 55.2 Å². The van der Waals surface area contributed by atoms with Crippen LogP contribution < -0.4 is 5.32 Å². The Morgan fingerprint density at radius 2 is 2.08 bits per heavy atom. The maximum absolute atomic E-state index is 4.44. The van der Waals surface area contributed by atoms with Gasteiger partial charge in [-0.15, -0.1) is 0 Å². The Kier molecular flexibility index (Phi) is 4.93. The second-order valence-electron chi connectivity index (χ2n) is 6.88. The van der Waals surface area contributed by atoms with Crippen molar-refractivity contribution >= 4 is 11.6 Å². The topological polar surface area (TPSA) is 58.9 Å². The lowest BCUT2D eigenvalue weighted by molar-refractivity contribution is 0.196. The predicted octanol–water partition coefficient (Wildman–Crippen LogP) is 3.33. The molecule has 0 amide bonds. The zero-order chi connectivity index (χ0) is 17.8. The minimum absolute atomic E-state index is 0.532. The van der Waals surface area contributed by atoms with Crippen LogP contribution in [0, 0.1) is 0 Å². The van der Waals surface area contributed by atoms with Crippen molar-refractivity contribution in [3.63, 3.8) is 0 Å². The molecule has 1 saturated heterocycles. The van der Waals surface area contributed by atoms with Crippen LogP contribution in [0.25, 0.3) is 0 Å². The SMILES string of the molecule is Cn1cncc1CN1CCC[C@@H](c2ccnc(Nc3ccccn3)c2)C1. The van der Waals surface area contributed by atoms with Crippen LogP contribution in [0.3, 0.4) is 0 Å². The van der Waals surface area contributed by atoms with E-state index in [4.69, 9.17) is 0 Å². The summed E-state index contributed by atoms with van der Waals surface area (Å²) in [6.07, 6.45) is 9.94. The average molecular weight is 348 g/mol. The van der Waals surface area contributed by atoms with E-state index in [1.807, 2.05) is 36.9 Å². The van der Waals surface area contributed by atoms with Crippen molar-refractivity contribution in [3.05, 3.63) is 66.5 Å². The molecule has 1 fully saturated rings. The Morgan fingerprint density at radius 1 is 1.15 bits per heavy atom. The molecule has 0 aromatic carbocycles. The fourth-order valence-corrected chi connectivity index (χ4v) is 3.57. The van der Waals surface area contributed by atoms with Crippen LogP contribution in [0.5, 0.6) is 0 Å². The van der Waals surface area contributed by atoms with E-state index in [0.29, 0.717) is 5.92 Å².